The summed E-state index contributed by atoms with van der Waals surface area (Å²) in [5.74, 6) is -0.709. The Hall–Kier alpha value is -3.71. The third-order valence-electron chi connectivity index (χ3n) is 6.47. The summed E-state index contributed by atoms with van der Waals surface area (Å²) in [6.07, 6.45) is 9.15. The zero-order valence-corrected chi connectivity index (χ0v) is 19.0. The van der Waals surface area contributed by atoms with Crippen molar-refractivity contribution in [2.75, 3.05) is 7.11 Å². The fraction of sp³-hybridized carbons (Fsp3) is 0.231. The lowest BCUT2D eigenvalue weighted by molar-refractivity contribution is -0.140. The van der Waals surface area contributed by atoms with Crippen LogP contribution in [-0.4, -0.2) is 36.1 Å². The van der Waals surface area contributed by atoms with Crippen LogP contribution in [0.15, 0.2) is 65.8 Å². The van der Waals surface area contributed by atoms with Crippen LogP contribution in [-0.2, 0) is 14.4 Å². The fourth-order valence-electron chi connectivity index (χ4n) is 4.86. The van der Waals surface area contributed by atoms with Crippen LogP contribution in [0.2, 0.25) is 5.02 Å². The van der Waals surface area contributed by atoms with E-state index in [1.807, 2.05) is 24.3 Å². The van der Waals surface area contributed by atoms with Crippen molar-refractivity contribution < 1.29 is 23.9 Å². The Labute approximate surface area is 201 Å². The molecule has 2 aliphatic carbocycles. The zero-order valence-electron chi connectivity index (χ0n) is 18.3. The monoisotopic (exact) mass is 476 g/mol. The SMILES string of the molecule is COc1ccc(/C=C/C(=O)Oc2ccc(Cl)cc2C=NN2C(=O)[C@@H]3[C@H](C2=O)[C@H]2C=C[C@H]3C2)cc1. The Morgan fingerprint density at radius 2 is 1.74 bits per heavy atom. The van der Waals surface area contributed by atoms with Crippen LogP contribution in [0.3, 0.4) is 0 Å². The molecule has 0 unspecified atom stereocenters. The molecule has 2 fully saturated rings. The maximum absolute atomic E-state index is 12.8. The van der Waals surface area contributed by atoms with Crippen molar-refractivity contribution >= 4 is 41.7 Å². The van der Waals surface area contributed by atoms with E-state index in [-0.39, 0.29) is 41.2 Å². The number of carbonyl (C=O) groups is 3. The van der Waals surface area contributed by atoms with Crippen LogP contribution >= 0.6 is 11.6 Å². The molecule has 1 saturated heterocycles. The average molecular weight is 477 g/mol. The number of hydrazone groups is 1. The smallest absolute Gasteiger partial charge is 0.336 e. The summed E-state index contributed by atoms with van der Waals surface area (Å²) >= 11 is 6.11. The molecule has 0 spiro atoms. The number of hydrogen-bond donors (Lipinski definition) is 0. The molecule has 0 N–H and O–H groups in total. The van der Waals surface area contributed by atoms with E-state index < -0.39 is 5.97 Å². The van der Waals surface area contributed by atoms with Gasteiger partial charge in [-0.25, -0.2) is 4.79 Å². The summed E-state index contributed by atoms with van der Waals surface area (Å²) in [5.41, 5.74) is 1.17. The van der Waals surface area contributed by atoms with Gasteiger partial charge in [0.25, 0.3) is 11.8 Å². The summed E-state index contributed by atoms with van der Waals surface area (Å²) in [6.45, 7) is 0. The van der Waals surface area contributed by atoms with Gasteiger partial charge in [0.05, 0.1) is 25.2 Å². The van der Waals surface area contributed by atoms with E-state index in [2.05, 4.69) is 5.10 Å². The van der Waals surface area contributed by atoms with Crippen LogP contribution in [0.25, 0.3) is 6.08 Å². The van der Waals surface area contributed by atoms with Crippen molar-refractivity contribution in [3.63, 3.8) is 0 Å². The number of fused-ring (bicyclic) bond motifs is 5. The third kappa shape index (κ3) is 4.03. The van der Waals surface area contributed by atoms with Crippen LogP contribution in [0, 0.1) is 23.7 Å². The van der Waals surface area contributed by atoms with Gasteiger partial charge in [-0.05, 0) is 60.2 Å². The molecule has 8 heteroatoms. The topological polar surface area (TPSA) is 85.3 Å². The molecule has 0 aromatic heterocycles. The first-order chi connectivity index (χ1) is 16.4. The number of rotatable bonds is 6. The molecule has 7 nitrogen and oxygen atoms in total. The Bertz CT molecular complexity index is 1220. The van der Waals surface area contributed by atoms with Crippen molar-refractivity contribution in [3.05, 3.63) is 76.8 Å². The Morgan fingerprint density at radius 3 is 2.38 bits per heavy atom. The molecule has 3 aliphatic rings. The first-order valence-corrected chi connectivity index (χ1v) is 11.3. The number of allylic oxidation sites excluding steroid dienone is 2. The van der Waals surface area contributed by atoms with Gasteiger partial charge in [-0.3, -0.25) is 9.59 Å². The van der Waals surface area contributed by atoms with Crippen LogP contribution in [0.5, 0.6) is 11.5 Å². The number of hydrogen-bond acceptors (Lipinski definition) is 6. The fourth-order valence-corrected chi connectivity index (χ4v) is 5.04. The minimum Gasteiger partial charge on any atom is -0.497 e. The number of esters is 1. The van der Waals surface area contributed by atoms with Gasteiger partial charge >= 0.3 is 5.97 Å². The lowest BCUT2D eigenvalue weighted by Crippen LogP contribution is -2.28. The molecule has 1 aliphatic heterocycles. The van der Waals surface area contributed by atoms with Crippen molar-refractivity contribution in [1.82, 2.24) is 5.01 Å². The number of benzene rings is 2. The second-order valence-electron chi connectivity index (χ2n) is 8.44. The molecule has 2 amide bonds. The van der Waals surface area contributed by atoms with Crippen LogP contribution in [0.4, 0.5) is 0 Å². The van der Waals surface area contributed by atoms with Gasteiger partial charge in [-0.2, -0.15) is 10.1 Å². The first kappa shape index (κ1) is 22.1. The molecule has 1 saturated carbocycles. The normalized spacial score (nSPS) is 25.1. The second-order valence-corrected chi connectivity index (χ2v) is 8.88. The molecule has 2 bridgehead atoms. The molecule has 172 valence electrons. The zero-order chi connectivity index (χ0) is 23.8. The predicted molar refractivity (Wildman–Crippen MR) is 126 cm³/mol. The lowest BCUT2D eigenvalue weighted by Gasteiger charge is -2.13. The highest BCUT2D eigenvalue weighted by Gasteiger charge is 2.59. The molecule has 4 atom stereocenters. The number of amides is 2. The Morgan fingerprint density at radius 1 is 1.06 bits per heavy atom. The molecule has 5 rings (SSSR count). The number of halogens is 1. The minimum absolute atomic E-state index is 0.104. The number of nitrogens with zero attached hydrogens (tertiary/aromatic N) is 2. The van der Waals surface area contributed by atoms with Gasteiger partial charge in [0.2, 0.25) is 0 Å². The van der Waals surface area contributed by atoms with Gasteiger partial charge < -0.3 is 9.47 Å². The number of carbonyl (C=O) groups excluding carboxylic acids is 3. The quantitative estimate of drug-likeness (QED) is 0.156. The van der Waals surface area contributed by atoms with E-state index >= 15 is 0 Å². The molecule has 2 aromatic carbocycles. The van der Waals surface area contributed by atoms with Crippen molar-refractivity contribution in [1.29, 1.82) is 0 Å². The Balaban J connectivity index is 1.30. The van der Waals surface area contributed by atoms with Crippen molar-refractivity contribution in [2.24, 2.45) is 28.8 Å². The molecule has 0 radical (unpaired) electrons. The average Bonchev–Trinajstić information content (AvgIpc) is 3.52. The Kier molecular flexibility index (Phi) is 5.79. The summed E-state index contributed by atoms with van der Waals surface area (Å²) in [6, 6.07) is 11.9. The van der Waals surface area contributed by atoms with Gasteiger partial charge in [-0.1, -0.05) is 35.9 Å². The highest BCUT2D eigenvalue weighted by Crippen LogP contribution is 2.52. The second kappa shape index (κ2) is 8.91. The molecule has 34 heavy (non-hydrogen) atoms. The van der Waals surface area contributed by atoms with E-state index in [4.69, 9.17) is 21.1 Å². The van der Waals surface area contributed by atoms with Crippen molar-refractivity contribution in [3.8, 4) is 11.5 Å². The maximum atomic E-state index is 12.8. The highest BCUT2D eigenvalue weighted by atomic mass is 35.5. The number of methoxy groups -OCH3 is 1. The number of ether oxygens (including phenoxy) is 2. The molecular weight excluding hydrogens is 456 g/mol. The van der Waals surface area contributed by atoms with Crippen LogP contribution < -0.4 is 9.47 Å². The standard InChI is InChI=1S/C26H21ClN2O5/c1-33-20-8-2-15(3-9-20)4-11-22(30)34-21-10-7-19(27)13-18(21)14-28-29-25(31)23-16-5-6-17(12-16)24(23)26(29)32/h2-11,13-14,16-17,23-24H,12H2,1H3/b11-4+,28-14?/t16-,17-,23-,24+/m0/s1. The van der Waals surface area contributed by atoms with Gasteiger partial charge in [0.1, 0.15) is 11.5 Å². The van der Waals surface area contributed by atoms with Gasteiger partial charge in [-0.15, -0.1) is 0 Å². The predicted octanol–water partition coefficient (Wildman–Crippen LogP) is 4.11. The molecule has 1 heterocycles. The minimum atomic E-state index is -0.599. The van der Waals surface area contributed by atoms with Gasteiger partial charge in [0, 0.05) is 16.7 Å². The van der Waals surface area contributed by atoms with Crippen molar-refractivity contribution in [2.45, 2.75) is 6.42 Å². The van der Waals surface area contributed by atoms with E-state index in [0.29, 0.717) is 16.3 Å². The largest absolute Gasteiger partial charge is 0.497 e. The van der Waals surface area contributed by atoms with E-state index in [0.717, 1.165) is 17.0 Å². The maximum Gasteiger partial charge on any atom is 0.336 e. The lowest BCUT2D eigenvalue weighted by atomic mass is 9.85. The summed E-state index contributed by atoms with van der Waals surface area (Å²) in [5, 5.41) is 5.49. The number of imide groups is 1. The summed E-state index contributed by atoms with van der Waals surface area (Å²) in [4.78, 5) is 38.0. The van der Waals surface area contributed by atoms with E-state index in [1.54, 1.807) is 37.5 Å². The van der Waals surface area contributed by atoms with E-state index in [1.165, 1.54) is 18.4 Å². The van der Waals surface area contributed by atoms with E-state index in [9.17, 15) is 14.4 Å². The van der Waals surface area contributed by atoms with Crippen LogP contribution in [0.1, 0.15) is 17.5 Å². The molecular formula is C26H21ClN2O5. The summed E-state index contributed by atoms with van der Waals surface area (Å²) in [7, 11) is 1.58. The molecule has 2 aromatic rings. The highest BCUT2D eigenvalue weighted by molar-refractivity contribution is 6.31. The third-order valence-corrected chi connectivity index (χ3v) is 6.70. The first-order valence-electron chi connectivity index (χ1n) is 10.9. The van der Waals surface area contributed by atoms with Gasteiger partial charge in [0.15, 0.2) is 0 Å². The summed E-state index contributed by atoms with van der Waals surface area (Å²) < 4.78 is 10.6.